The van der Waals surface area contributed by atoms with Gasteiger partial charge in [0.2, 0.25) is 0 Å². The van der Waals surface area contributed by atoms with Crippen molar-refractivity contribution >= 4 is 22.5 Å². The molecule has 1 heterocycles. The molecule has 2 aromatic rings. The highest BCUT2D eigenvalue weighted by molar-refractivity contribution is 6.32. The van der Waals surface area contributed by atoms with Crippen LogP contribution in [0.15, 0.2) is 18.2 Å². The molecule has 3 nitrogen and oxygen atoms in total. The zero-order valence-electron chi connectivity index (χ0n) is 10.7. The Morgan fingerprint density at radius 3 is 2.78 bits per heavy atom. The van der Waals surface area contributed by atoms with Gasteiger partial charge >= 0.3 is 0 Å². The van der Waals surface area contributed by atoms with Crippen LogP contribution in [-0.4, -0.2) is 23.4 Å². The second-order valence-electron chi connectivity index (χ2n) is 4.24. The van der Waals surface area contributed by atoms with Crippen molar-refractivity contribution < 1.29 is 9.84 Å². The van der Waals surface area contributed by atoms with Crippen LogP contribution in [0.3, 0.4) is 0 Å². The standard InChI is InChI=1S/C14H18ClNO2/c1-3-10-5-4-6-11-12(9-17)14(15)16(13(10)11)7-8-18-2/h4-6,17H,3,7-9H2,1-2H3. The van der Waals surface area contributed by atoms with Crippen molar-refractivity contribution in [2.75, 3.05) is 13.7 Å². The van der Waals surface area contributed by atoms with E-state index < -0.39 is 0 Å². The maximum absolute atomic E-state index is 9.49. The molecule has 0 amide bonds. The molecule has 0 saturated carbocycles. The van der Waals surface area contributed by atoms with E-state index in [-0.39, 0.29) is 6.61 Å². The number of methoxy groups -OCH3 is 1. The van der Waals surface area contributed by atoms with Gasteiger partial charge in [0.1, 0.15) is 5.15 Å². The Balaban J connectivity index is 2.69. The Hall–Kier alpha value is -1.03. The number of aliphatic hydroxyl groups excluding tert-OH is 1. The van der Waals surface area contributed by atoms with Crippen LogP contribution >= 0.6 is 11.6 Å². The lowest BCUT2D eigenvalue weighted by atomic mass is 10.1. The van der Waals surface area contributed by atoms with Crippen LogP contribution in [0.1, 0.15) is 18.1 Å². The number of halogens is 1. The Morgan fingerprint density at radius 2 is 2.17 bits per heavy atom. The quantitative estimate of drug-likeness (QED) is 0.904. The van der Waals surface area contributed by atoms with Gasteiger partial charge in [0, 0.05) is 24.6 Å². The molecule has 0 aliphatic rings. The van der Waals surface area contributed by atoms with Crippen LogP contribution in [0.2, 0.25) is 5.15 Å². The van der Waals surface area contributed by atoms with Crippen LogP contribution in [0, 0.1) is 0 Å². The first kappa shape index (κ1) is 13.4. The molecule has 0 atom stereocenters. The van der Waals surface area contributed by atoms with Crippen molar-refractivity contribution in [2.24, 2.45) is 0 Å². The highest BCUT2D eigenvalue weighted by atomic mass is 35.5. The number of hydrogen-bond acceptors (Lipinski definition) is 2. The molecule has 18 heavy (non-hydrogen) atoms. The minimum atomic E-state index is -0.0392. The number of benzene rings is 1. The molecule has 4 heteroatoms. The summed E-state index contributed by atoms with van der Waals surface area (Å²) in [5, 5.41) is 11.1. The Morgan fingerprint density at radius 1 is 1.39 bits per heavy atom. The largest absolute Gasteiger partial charge is 0.392 e. The van der Waals surface area contributed by atoms with Gasteiger partial charge in [0.05, 0.1) is 18.7 Å². The van der Waals surface area contributed by atoms with Crippen LogP contribution in [0.25, 0.3) is 10.9 Å². The van der Waals surface area contributed by atoms with E-state index in [0.717, 1.165) is 22.9 Å². The molecule has 0 fully saturated rings. The molecule has 1 aromatic carbocycles. The molecular formula is C14H18ClNO2. The molecule has 0 bridgehead atoms. The van der Waals surface area contributed by atoms with E-state index in [4.69, 9.17) is 16.3 Å². The number of para-hydroxylation sites is 1. The maximum Gasteiger partial charge on any atom is 0.115 e. The number of rotatable bonds is 5. The summed E-state index contributed by atoms with van der Waals surface area (Å²) in [6, 6.07) is 6.12. The first-order valence-corrected chi connectivity index (χ1v) is 6.50. The summed E-state index contributed by atoms with van der Waals surface area (Å²) in [5.41, 5.74) is 3.16. The summed E-state index contributed by atoms with van der Waals surface area (Å²) < 4.78 is 7.16. The number of nitrogens with zero attached hydrogens (tertiary/aromatic N) is 1. The highest BCUT2D eigenvalue weighted by Gasteiger charge is 2.16. The van der Waals surface area contributed by atoms with Crippen molar-refractivity contribution in [3.05, 3.63) is 34.5 Å². The lowest BCUT2D eigenvalue weighted by Crippen LogP contribution is -2.05. The molecule has 0 aliphatic carbocycles. The van der Waals surface area contributed by atoms with Crippen molar-refractivity contribution in [1.82, 2.24) is 4.57 Å². The van der Waals surface area contributed by atoms with Crippen LogP contribution in [0.4, 0.5) is 0 Å². The summed E-state index contributed by atoms with van der Waals surface area (Å²) in [6.07, 6.45) is 0.940. The van der Waals surface area contributed by atoms with Gasteiger partial charge in [-0.1, -0.05) is 36.7 Å². The van der Waals surface area contributed by atoms with Gasteiger partial charge in [-0.15, -0.1) is 0 Å². The third-order valence-corrected chi connectivity index (χ3v) is 3.69. The van der Waals surface area contributed by atoms with Crippen LogP contribution in [0.5, 0.6) is 0 Å². The number of aryl methyl sites for hydroxylation is 1. The van der Waals surface area contributed by atoms with Crippen LogP contribution in [-0.2, 0) is 24.3 Å². The van der Waals surface area contributed by atoms with Gasteiger partial charge in [0.25, 0.3) is 0 Å². The van der Waals surface area contributed by atoms with Gasteiger partial charge in [-0.2, -0.15) is 0 Å². The average Bonchev–Trinajstić information content (AvgIpc) is 2.67. The fourth-order valence-corrected chi connectivity index (χ4v) is 2.68. The number of hydrogen-bond donors (Lipinski definition) is 1. The predicted molar refractivity (Wildman–Crippen MR) is 74.1 cm³/mol. The number of ether oxygens (including phenoxy) is 1. The molecule has 1 N–H and O–H groups in total. The Labute approximate surface area is 112 Å². The fraction of sp³-hybridized carbons (Fsp3) is 0.429. The van der Waals surface area contributed by atoms with E-state index in [0.29, 0.717) is 18.3 Å². The third kappa shape index (κ3) is 2.14. The SMILES string of the molecule is CCc1cccc2c(CO)c(Cl)n(CCOC)c12. The van der Waals surface area contributed by atoms with E-state index in [1.54, 1.807) is 7.11 Å². The van der Waals surface area contributed by atoms with Crippen molar-refractivity contribution in [1.29, 1.82) is 0 Å². The minimum Gasteiger partial charge on any atom is -0.392 e. The second-order valence-corrected chi connectivity index (χ2v) is 4.60. The number of aliphatic hydroxyl groups is 1. The first-order valence-electron chi connectivity index (χ1n) is 6.12. The lowest BCUT2D eigenvalue weighted by molar-refractivity contribution is 0.188. The zero-order valence-corrected chi connectivity index (χ0v) is 11.5. The number of fused-ring (bicyclic) bond motifs is 1. The van der Waals surface area contributed by atoms with Crippen molar-refractivity contribution in [2.45, 2.75) is 26.5 Å². The smallest absolute Gasteiger partial charge is 0.115 e. The van der Waals surface area contributed by atoms with E-state index in [1.165, 1.54) is 5.56 Å². The summed E-state index contributed by atoms with van der Waals surface area (Å²) in [5.74, 6) is 0. The van der Waals surface area contributed by atoms with E-state index in [1.807, 2.05) is 16.7 Å². The normalized spacial score (nSPS) is 11.3. The average molecular weight is 268 g/mol. The summed E-state index contributed by atoms with van der Waals surface area (Å²) in [6.45, 7) is 3.38. The topological polar surface area (TPSA) is 34.4 Å². The fourth-order valence-electron chi connectivity index (χ4n) is 2.35. The second kappa shape index (κ2) is 5.74. The molecule has 2 rings (SSSR count). The molecular weight excluding hydrogens is 250 g/mol. The van der Waals surface area contributed by atoms with Gasteiger partial charge in [-0.05, 0) is 12.0 Å². The van der Waals surface area contributed by atoms with Gasteiger partial charge in [-0.3, -0.25) is 0 Å². The minimum absolute atomic E-state index is 0.0392. The Kier molecular flexibility index (Phi) is 4.27. The lowest BCUT2D eigenvalue weighted by Gasteiger charge is -2.09. The van der Waals surface area contributed by atoms with Gasteiger partial charge in [-0.25, -0.2) is 0 Å². The molecule has 0 unspecified atom stereocenters. The molecule has 1 aromatic heterocycles. The predicted octanol–water partition coefficient (Wildman–Crippen LogP) is 3.00. The summed E-state index contributed by atoms with van der Waals surface area (Å²) >= 11 is 6.36. The monoisotopic (exact) mass is 267 g/mol. The molecule has 0 saturated heterocycles. The number of aromatic nitrogens is 1. The van der Waals surface area contributed by atoms with Crippen LogP contribution < -0.4 is 0 Å². The zero-order chi connectivity index (χ0) is 13.1. The van der Waals surface area contributed by atoms with Crippen molar-refractivity contribution in [3.63, 3.8) is 0 Å². The van der Waals surface area contributed by atoms with Gasteiger partial charge < -0.3 is 14.4 Å². The highest BCUT2D eigenvalue weighted by Crippen LogP contribution is 2.32. The molecule has 0 spiro atoms. The molecule has 0 aliphatic heterocycles. The third-order valence-electron chi connectivity index (χ3n) is 3.26. The Bertz CT molecular complexity index is 548. The van der Waals surface area contributed by atoms with Crippen molar-refractivity contribution in [3.8, 4) is 0 Å². The first-order chi connectivity index (χ1) is 8.74. The summed E-state index contributed by atoms with van der Waals surface area (Å²) in [7, 11) is 1.67. The molecule has 98 valence electrons. The van der Waals surface area contributed by atoms with E-state index >= 15 is 0 Å². The molecule has 0 radical (unpaired) electrons. The van der Waals surface area contributed by atoms with E-state index in [9.17, 15) is 5.11 Å². The maximum atomic E-state index is 9.49. The van der Waals surface area contributed by atoms with Gasteiger partial charge in [0.15, 0.2) is 0 Å². The summed E-state index contributed by atoms with van der Waals surface area (Å²) in [4.78, 5) is 0. The van der Waals surface area contributed by atoms with E-state index in [2.05, 4.69) is 13.0 Å².